The van der Waals surface area contributed by atoms with Crippen LogP contribution in [0.4, 0.5) is 5.13 Å². The average molecular weight is 464 g/mol. The van der Waals surface area contributed by atoms with Crippen LogP contribution in [0.15, 0.2) is 41.3 Å². The molecule has 0 unspecified atom stereocenters. The number of aryl methyl sites for hydroxylation is 2. The molecule has 3 rings (SSSR count). The number of benzene rings is 2. The number of thioether (sulfide) groups is 1. The molecule has 30 heavy (non-hydrogen) atoms. The Hall–Kier alpha value is -1.60. The highest BCUT2D eigenvalue weighted by Crippen LogP contribution is 2.34. The number of hydrogen-bond donors (Lipinski definition) is 0. The monoisotopic (exact) mass is 463 g/mol. The Morgan fingerprint density at radius 1 is 1.10 bits per heavy atom. The minimum Gasteiger partial charge on any atom is -0.302 e. The Kier molecular flexibility index (Phi) is 9.16. The Morgan fingerprint density at radius 2 is 1.83 bits per heavy atom. The molecule has 0 N–H and O–H groups in total. The zero-order valence-electron chi connectivity index (χ0n) is 18.3. The molecule has 0 aliphatic carbocycles. The number of aromatic nitrogens is 1. The van der Waals surface area contributed by atoms with Gasteiger partial charge in [0.15, 0.2) is 5.13 Å². The van der Waals surface area contributed by atoms with Crippen LogP contribution in [-0.2, 0) is 0 Å². The van der Waals surface area contributed by atoms with E-state index >= 15 is 0 Å². The Morgan fingerprint density at radius 3 is 2.50 bits per heavy atom. The van der Waals surface area contributed by atoms with Gasteiger partial charge in [0.2, 0.25) is 0 Å². The van der Waals surface area contributed by atoms with Crippen molar-refractivity contribution in [2.24, 2.45) is 0 Å². The van der Waals surface area contributed by atoms with Crippen molar-refractivity contribution in [1.82, 2.24) is 9.88 Å². The quantitative estimate of drug-likeness (QED) is 0.381. The summed E-state index contributed by atoms with van der Waals surface area (Å²) >= 11 is 3.29. The van der Waals surface area contributed by atoms with Gasteiger partial charge in [-0.05, 0) is 57.0 Å². The number of hydrogen-bond acceptors (Lipinski definition) is 5. The topological polar surface area (TPSA) is 36.4 Å². The predicted molar refractivity (Wildman–Crippen MR) is 134 cm³/mol. The van der Waals surface area contributed by atoms with E-state index in [9.17, 15) is 4.79 Å². The Balaban J connectivity index is 0.00000320. The first kappa shape index (κ1) is 24.7. The van der Waals surface area contributed by atoms with Gasteiger partial charge in [0.25, 0.3) is 5.91 Å². The van der Waals surface area contributed by atoms with E-state index in [1.54, 1.807) is 23.1 Å². The van der Waals surface area contributed by atoms with Crippen molar-refractivity contribution in [3.05, 3.63) is 53.1 Å². The van der Waals surface area contributed by atoms with Gasteiger partial charge in [-0.25, -0.2) is 4.98 Å². The maximum Gasteiger partial charge on any atom is 0.260 e. The molecule has 3 aromatic rings. The SMILES string of the molecule is CCN(CC)CCN(C(=O)c1cc(C)ccc1C)c1nc2c(SC)cccc2s1.Cl. The summed E-state index contributed by atoms with van der Waals surface area (Å²) in [6.45, 7) is 11.7. The van der Waals surface area contributed by atoms with E-state index in [1.807, 2.05) is 30.9 Å². The van der Waals surface area contributed by atoms with Crippen LogP contribution < -0.4 is 4.90 Å². The first-order chi connectivity index (χ1) is 14.0. The summed E-state index contributed by atoms with van der Waals surface area (Å²) in [4.78, 5) is 23.9. The first-order valence-corrected chi connectivity index (χ1v) is 12.1. The van der Waals surface area contributed by atoms with Crippen LogP contribution in [0.5, 0.6) is 0 Å². The number of amides is 1. The first-order valence-electron chi connectivity index (χ1n) is 10.0. The van der Waals surface area contributed by atoms with Crippen molar-refractivity contribution < 1.29 is 4.79 Å². The molecule has 2 aromatic carbocycles. The van der Waals surface area contributed by atoms with Crippen LogP contribution in [-0.4, -0.2) is 48.2 Å². The maximum atomic E-state index is 13.6. The normalized spacial score (nSPS) is 11.0. The van der Waals surface area contributed by atoms with Crippen molar-refractivity contribution >= 4 is 56.8 Å². The third-order valence-corrected chi connectivity index (χ3v) is 7.04. The Labute approximate surface area is 194 Å². The molecule has 0 bridgehead atoms. The van der Waals surface area contributed by atoms with E-state index in [0.717, 1.165) is 56.6 Å². The van der Waals surface area contributed by atoms with Crippen LogP contribution >= 0.6 is 35.5 Å². The van der Waals surface area contributed by atoms with Crippen molar-refractivity contribution in [1.29, 1.82) is 0 Å². The number of thiazole rings is 1. The molecule has 162 valence electrons. The van der Waals surface area contributed by atoms with Crippen molar-refractivity contribution in [2.75, 3.05) is 37.3 Å². The van der Waals surface area contributed by atoms with Gasteiger partial charge in [-0.1, -0.05) is 48.9 Å². The third kappa shape index (κ3) is 5.35. The second kappa shape index (κ2) is 11.1. The lowest BCUT2D eigenvalue weighted by atomic mass is 10.0. The highest BCUT2D eigenvalue weighted by molar-refractivity contribution is 7.98. The fourth-order valence-corrected chi connectivity index (χ4v) is 5.01. The van der Waals surface area contributed by atoms with E-state index < -0.39 is 0 Å². The van der Waals surface area contributed by atoms with E-state index in [1.165, 1.54) is 0 Å². The molecule has 0 spiro atoms. The lowest BCUT2D eigenvalue weighted by molar-refractivity contribution is 0.0983. The number of likely N-dealkylation sites (N-methyl/N-ethyl adjacent to an activating group) is 1. The summed E-state index contributed by atoms with van der Waals surface area (Å²) in [5, 5.41) is 0.777. The number of carbonyl (C=O) groups excluding carboxylic acids is 1. The molecule has 0 fully saturated rings. The van der Waals surface area contributed by atoms with Crippen LogP contribution in [0.25, 0.3) is 10.2 Å². The van der Waals surface area contributed by atoms with E-state index in [4.69, 9.17) is 4.98 Å². The largest absolute Gasteiger partial charge is 0.302 e. The third-order valence-electron chi connectivity index (χ3n) is 5.22. The molecule has 1 heterocycles. The van der Waals surface area contributed by atoms with Crippen molar-refractivity contribution in [3.63, 3.8) is 0 Å². The zero-order chi connectivity index (χ0) is 21.0. The summed E-state index contributed by atoms with van der Waals surface area (Å²) in [5.41, 5.74) is 3.84. The van der Waals surface area contributed by atoms with E-state index in [0.29, 0.717) is 6.54 Å². The zero-order valence-corrected chi connectivity index (χ0v) is 20.7. The lowest BCUT2D eigenvalue weighted by Gasteiger charge is -2.25. The molecular weight excluding hydrogens is 434 g/mol. The van der Waals surface area contributed by atoms with Gasteiger partial charge in [0.05, 0.1) is 10.2 Å². The summed E-state index contributed by atoms with van der Waals surface area (Å²) < 4.78 is 1.12. The molecule has 0 aliphatic rings. The van der Waals surface area contributed by atoms with Gasteiger partial charge in [0.1, 0.15) is 0 Å². The number of para-hydroxylation sites is 1. The summed E-state index contributed by atoms with van der Waals surface area (Å²) in [6.07, 6.45) is 2.06. The summed E-state index contributed by atoms with van der Waals surface area (Å²) in [7, 11) is 0. The molecule has 1 aromatic heterocycles. The fraction of sp³-hybridized carbons (Fsp3) is 0.391. The van der Waals surface area contributed by atoms with Gasteiger partial charge in [0, 0.05) is 23.5 Å². The van der Waals surface area contributed by atoms with Crippen LogP contribution in [0.2, 0.25) is 0 Å². The molecule has 0 radical (unpaired) electrons. The molecule has 0 saturated heterocycles. The highest BCUT2D eigenvalue weighted by atomic mass is 35.5. The van der Waals surface area contributed by atoms with Gasteiger partial charge >= 0.3 is 0 Å². The Bertz CT molecular complexity index is 1000. The van der Waals surface area contributed by atoms with Gasteiger partial charge in [-0.3, -0.25) is 9.69 Å². The van der Waals surface area contributed by atoms with Crippen molar-refractivity contribution in [2.45, 2.75) is 32.6 Å². The van der Waals surface area contributed by atoms with Gasteiger partial charge < -0.3 is 4.90 Å². The van der Waals surface area contributed by atoms with Crippen LogP contribution in [0.3, 0.4) is 0 Å². The fourth-order valence-electron chi connectivity index (χ4n) is 3.37. The minimum atomic E-state index is 0. The number of nitrogens with zero attached hydrogens (tertiary/aromatic N) is 3. The average Bonchev–Trinajstić information content (AvgIpc) is 3.16. The van der Waals surface area contributed by atoms with Gasteiger partial charge in [-0.2, -0.15) is 0 Å². The van der Waals surface area contributed by atoms with Crippen LogP contribution in [0.1, 0.15) is 35.3 Å². The summed E-state index contributed by atoms with van der Waals surface area (Å²) in [5.74, 6) is 0.0307. The number of rotatable bonds is 8. The number of halogens is 1. The second-order valence-corrected chi connectivity index (χ2v) is 8.96. The van der Waals surface area contributed by atoms with E-state index in [2.05, 4.69) is 49.3 Å². The van der Waals surface area contributed by atoms with Crippen LogP contribution in [0, 0.1) is 13.8 Å². The predicted octanol–water partition coefficient (Wildman–Crippen LogP) is 6.05. The number of anilines is 1. The molecule has 0 aliphatic heterocycles. The minimum absolute atomic E-state index is 0. The molecule has 1 amide bonds. The molecule has 7 heteroatoms. The lowest BCUT2D eigenvalue weighted by Crippen LogP contribution is -2.39. The number of carbonyl (C=O) groups is 1. The summed E-state index contributed by atoms with van der Waals surface area (Å²) in [6, 6.07) is 12.3. The molecule has 0 saturated carbocycles. The standard InChI is InChI=1S/C23H29N3OS2.ClH/c1-6-25(7-2)13-14-26(22(27)18-15-16(3)11-12-17(18)4)23-24-21-19(28-5)9-8-10-20(21)29-23;/h8-12,15H,6-7,13-14H2,1-5H3;1H. The maximum absolute atomic E-state index is 13.6. The smallest absolute Gasteiger partial charge is 0.260 e. The highest BCUT2D eigenvalue weighted by Gasteiger charge is 2.23. The van der Waals surface area contributed by atoms with Crippen molar-refractivity contribution in [3.8, 4) is 0 Å². The molecule has 4 nitrogen and oxygen atoms in total. The second-order valence-electron chi connectivity index (χ2n) is 7.11. The molecule has 0 atom stereocenters. The van der Waals surface area contributed by atoms with E-state index in [-0.39, 0.29) is 18.3 Å². The molecular formula is C23H30ClN3OS2. The number of fused-ring (bicyclic) bond motifs is 1. The van der Waals surface area contributed by atoms with Gasteiger partial charge in [-0.15, -0.1) is 24.2 Å².